The van der Waals surface area contributed by atoms with Gasteiger partial charge < -0.3 is 24.4 Å². The van der Waals surface area contributed by atoms with Gasteiger partial charge in [-0.3, -0.25) is 0 Å². The molecule has 2 aliphatic heterocycles. The molecule has 158 valence electrons. The van der Waals surface area contributed by atoms with E-state index in [1.165, 1.54) is 29.9 Å². The number of hydrogen-bond acceptors (Lipinski definition) is 6. The van der Waals surface area contributed by atoms with Gasteiger partial charge in [-0.1, -0.05) is 0 Å². The molecule has 1 N–H and O–H groups in total. The molecule has 6 nitrogen and oxygen atoms in total. The van der Waals surface area contributed by atoms with E-state index in [1.54, 1.807) is 0 Å². The van der Waals surface area contributed by atoms with Gasteiger partial charge in [-0.15, -0.1) is 0 Å². The number of benzene rings is 2. The lowest BCUT2D eigenvalue weighted by atomic mass is 9.94. The van der Waals surface area contributed by atoms with Crippen molar-refractivity contribution in [3.63, 3.8) is 0 Å². The maximum absolute atomic E-state index is 14.3. The van der Waals surface area contributed by atoms with Crippen LogP contribution in [-0.2, 0) is 12.8 Å². The van der Waals surface area contributed by atoms with Crippen molar-refractivity contribution < 1.29 is 18.6 Å². The lowest BCUT2D eigenvalue weighted by Crippen LogP contribution is -2.36. The summed E-state index contributed by atoms with van der Waals surface area (Å²) in [4.78, 5) is 2.26. The van der Waals surface area contributed by atoms with Crippen molar-refractivity contribution in [2.24, 2.45) is 0 Å². The molecule has 4 rings (SSSR count). The zero-order valence-electron chi connectivity index (χ0n) is 17.4. The van der Waals surface area contributed by atoms with Crippen LogP contribution in [0.3, 0.4) is 0 Å². The zero-order chi connectivity index (χ0) is 21.1. The van der Waals surface area contributed by atoms with Crippen molar-refractivity contribution in [2.45, 2.75) is 19.8 Å². The number of fused-ring (bicyclic) bond motifs is 2. The number of ether oxygens (including phenoxy) is 3. The molecule has 0 aliphatic carbocycles. The molecule has 2 aromatic rings. The molecule has 0 fully saturated rings. The lowest BCUT2D eigenvalue weighted by molar-refractivity contribution is 0.281. The van der Waals surface area contributed by atoms with Crippen LogP contribution in [0.5, 0.6) is 17.2 Å². The van der Waals surface area contributed by atoms with E-state index in [4.69, 9.17) is 19.5 Å². The topological polar surface area (TPSA) is 66.8 Å². The van der Waals surface area contributed by atoms with Gasteiger partial charge in [0.15, 0.2) is 11.6 Å². The molecule has 7 heteroatoms. The first kappa shape index (κ1) is 20.3. The first-order valence-electron chi connectivity index (χ1n) is 10.3. The highest BCUT2D eigenvalue weighted by molar-refractivity contribution is 5.69. The average Bonchev–Trinajstić information content (AvgIpc) is 3.00. The maximum atomic E-state index is 14.3. The Kier molecular flexibility index (Phi) is 5.96. The van der Waals surface area contributed by atoms with Crippen molar-refractivity contribution in [1.82, 2.24) is 5.32 Å². The molecule has 0 saturated carbocycles. The van der Waals surface area contributed by atoms with Crippen LogP contribution in [0.4, 0.5) is 10.1 Å². The second-order valence-corrected chi connectivity index (χ2v) is 7.51. The molecule has 2 aliphatic rings. The number of hydrogen-bond donors (Lipinski definition) is 1. The van der Waals surface area contributed by atoms with Gasteiger partial charge in [0.05, 0.1) is 31.5 Å². The highest BCUT2D eigenvalue weighted by Gasteiger charge is 2.25. The van der Waals surface area contributed by atoms with Crippen LogP contribution in [0.25, 0.3) is 0 Å². The average molecular weight is 411 g/mol. The summed E-state index contributed by atoms with van der Waals surface area (Å²) < 4.78 is 31.1. The highest BCUT2D eigenvalue weighted by atomic mass is 19.1. The third-order valence-electron chi connectivity index (χ3n) is 5.79. The number of nitriles is 1. The summed E-state index contributed by atoms with van der Waals surface area (Å²) in [7, 11) is 1.45. The Labute approximate surface area is 176 Å². The highest BCUT2D eigenvalue weighted by Crippen LogP contribution is 2.39. The Bertz CT molecular complexity index is 987. The number of anilines is 1. The van der Waals surface area contributed by atoms with Crippen molar-refractivity contribution in [2.75, 3.05) is 51.4 Å². The zero-order valence-corrected chi connectivity index (χ0v) is 17.4. The largest absolute Gasteiger partial charge is 0.495 e. The van der Waals surface area contributed by atoms with E-state index in [-0.39, 0.29) is 11.3 Å². The van der Waals surface area contributed by atoms with Crippen LogP contribution in [-0.4, -0.2) is 46.5 Å². The third-order valence-corrected chi connectivity index (χ3v) is 5.79. The summed E-state index contributed by atoms with van der Waals surface area (Å²) in [5.41, 5.74) is 5.29. The minimum absolute atomic E-state index is 0.0871. The molecule has 0 spiro atoms. The van der Waals surface area contributed by atoms with E-state index < -0.39 is 5.82 Å². The number of methoxy groups -OCH3 is 1. The van der Waals surface area contributed by atoms with E-state index in [9.17, 15) is 4.39 Å². The summed E-state index contributed by atoms with van der Waals surface area (Å²) in [5.74, 6) is 0.746. The SMILES string of the molecule is COc1cc(OCCN2CCOc3cc4c(c(C)c32)CCNCC4)c(F)cc1C#N. The molecule has 0 unspecified atom stereocenters. The summed E-state index contributed by atoms with van der Waals surface area (Å²) in [6.45, 7) is 6.42. The Morgan fingerprint density at radius 1 is 1.23 bits per heavy atom. The minimum atomic E-state index is -0.566. The first-order valence-corrected chi connectivity index (χ1v) is 10.3. The summed E-state index contributed by atoms with van der Waals surface area (Å²) in [5, 5.41) is 12.5. The van der Waals surface area contributed by atoms with E-state index in [0.717, 1.165) is 50.0 Å². The van der Waals surface area contributed by atoms with Crippen molar-refractivity contribution in [3.05, 3.63) is 46.3 Å². The lowest BCUT2D eigenvalue weighted by Gasteiger charge is -2.34. The second kappa shape index (κ2) is 8.80. The fourth-order valence-electron chi connectivity index (χ4n) is 4.29. The van der Waals surface area contributed by atoms with Crippen LogP contribution in [0.15, 0.2) is 18.2 Å². The van der Waals surface area contributed by atoms with Crippen LogP contribution >= 0.6 is 0 Å². The molecule has 0 bridgehead atoms. The molecular weight excluding hydrogens is 385 g/mol. The Morgan fingerprint density at radius 3 is 2.87 bits per heavy atom. The van der Waals surface area contributed by atoms with Gasteiger partial charge in [-0.25, -0.2) is 4.39 Å². The van der Waals surface area contributed by atoms with Crippen molar-refractivity contribution in [3.8, 4) is 23.3 Å². The van der Waals surface area contributed by atoms with Crippen LogP contribution in [0.1, 0.15) is 22.3 Å². The summed E-state index contributed by atoms with van der Waals surface area (Å²) in [6.07, 6.45) is 2.02. The van der Waals surface area contributed by atoms with Crippen LogP contribution in [0.2, 0.25) is 0 Å². The van der Waals surface area contributed by atoms with Gasteiger partial charge in [-0.2, -0.15) is 5.26 Å². The fourth-order valence-corrected chi connectivity index (χ4v) is 4.29. The van der Waals surface area contributed by atoms with Gasteiger partial charge in [0.2, 0.25) is 0 Å². The Morgan fingerprint density at radius 2 is 2.07 bits per heavy atom. The van der Waals surface area contributed by atoms with E-state index in [0.29, 0.717) is 25.5 Å². The van der Waals surface area contributed by atoms with Gasteiger partial charge in [0.1, 0.15) is 30.8 Å². The molecule has 0 aromatic heterocycles. The Hall–Kier alpha value is -2.98. The number of rotatable bonds is 5. The predicted octanol–water partition coefficient (Wildman–Crippen LogP) is 2.98. The van der Waals surface area contributed by atoms with E-state index >= 15 is 0 Å². The molecule has 30 heavy (non-hydrogen) atoms. The predicted molar refractivity (Wildman–Crippen MR) is 112 cm³/mol. The Balaban J connectivity index is 1.51. The third kappa shape index (κ3) is 3.88. The smallest absolute Gasteiger partial charge is 0.166 e. The second-order valence-electron chi connectivity index (χ2n) is 7.51. The molecule has 0 atom stereocenters. The van der Waals surface area contributed by atoms with Gasteiger partial charge in [0.25, 0.3) is 0 Å². The standard InChI is InChI=1S/C23H26FN3O3/c1-15-18-4-6-26-5-3-16(18)12-22-23(15)27(8-10-30-22)7-9-29-21-13-20(28-2)17(14-25)11-19(21)24/h11-13,26H,3-10H2,1-2H3. The summed E-state index contributed by atoms with van der Waals surface area (Å²) >= 11 is 0. The monoisotopic (exact) mass is 411 g/mol. The van der Waals surface area contributed by atoms with Crippen LogP contribution < -0.4 is 24.4 Å². The first-order chi connectivity index (χ1) is 14.6. The minimum Gasteiger partial charge on any atom is -0.495 e. The molecule has 0 saturated heterocycles. The number of nitrogens with zero attached hydrogens (tertiary/aromatic N) is 2. The van der Waals surface area contributed by atoms with Crippen molar-refractivity contribution in [1.29, 1.82) is 5.26 Å². The molecular formula is C23H26FN3O3. The molecule has 0 amide bonds. The number of halogens is 1. The fraction of sp³-hybridized carbons (Fsp3) is 0.435. The quantitative estimate of drug-likeness (QED) is 0.816. The van der Waals surface area contributed by atoms with Crippen molar-refractivity contribution >= 4 is 5.69 Å². The molecule has 0 radical (unpaired) electrons. The van der Waals surface area contributed by atoms with Crippen LogP contribution in [0, 0.1) is 24.1 Å². The van der Waals surface area contributed by atoms with Gasteiger partial charge in [0, 0.05) is 6.07 Å². The number of nitrogens with one attached hydrogen (secondary N) is 1. The van der Waals surface area contributed by atoms with Gasteiger partial charge in [-0.05, 0) is 61.7 Å². The van der Waals surface area contributed by atoms with E-state index in [1.807, 2.05) is 6.07 Å². The maximum Gasteiger partial charge on any atom is 0.166 e. The normalized spacial score (nSPS) is 15.3. The molecule has 2 heterocycles. The van der Waals surface area contributed by atoms with E-state index in [2.05, 4.69) is 23.2 Å². The molecule has 2 aromatic carbocycles. The van der Waals surface area contributed by atoms with Gasteiger partial charge >= 0.3 is 0 Å². The summed E-state index contributed by atoms with van der Waals surface area (Å²) in [6, 6.07) is 6.68.